The number of nitrogens with two attached hydrogens (primary N) is 1. The molecular formula is C22H17N3O3S. The standard InChI is InChI=1S/C22H17N3O3S/c23-19-16(15-8-4-10-24-13-15)12-17(18-9-5-11-29-18)25-21(19)28-20(22(26)27)14-6-2-1-3-7-14/h1-13,20H,23H2,(H,26,27). The largest absolute Gasteiger partial charge is 0.478 e. The minimum Gasteiger partial charge on any atom is -0.478 e. The maximum atomic E-state index is 11.9. The third kappa shape index (κ3) is 3.95. The third-order valence-corrected chi connectivity index (χ3v) is 5.22. The van der Waals surface area contributed by atoms with Crippen LogP contribution in [0.1, 0.15) is 11.7 Å². The Balaban J connectivity index is 1.83. The highest BCUT2D eigenvalue weighted by Crippen LogP contribution is 2.38. The zero-order chi connectivity index (χ0) is 20.2. The number of carboxylic acids is 1. The van der Waals surface area contributed by atoms with Crippen molar-refractivity contribution in [3.05, 3.63) is 84.0 Å². The highest BCUT2D eigenvalue weighted by molar-refractivity contribution is 7.13. The molecule has 0 bridgehead atoms. The summed E-state index contributed by atoms with van der Waals surface area (Å²) in [7, 11) is 0. The highest BCUT2D eigenvalue weighted by Gasteiger charge is 2.25. The third-order valence-electron chi connectivity index (χ3n) is 4.33. The molecule has 0 saturated heterocycles. The van der Waals surface area contributed by atoms with Crippen LogP contribution in [-0.4, -0.2) is 21.0 Å². The summed E-state index contributed by atoms with van der Waals surface area (Å²) in [5.41, 5.74) is 9.26. The number of thiophene rings is 1. The van der Waals surface area contributed by atoms with Crippen LogP contribution in [0.3, 0.4) is 0 Å². The van der Waals surface area contributed by atoms with Gasteiger partial charge in [-0.25, -0.2) is 9.78 Å². The molecule has 3 N–H and O–H groups in total. The van der Waals surface area contributed by atoms with E-state index >= 15 is 0 Å². The molecule has 0 radical (unpaired) electrons. The number of nitrogens with zero attached hydrogens (tertiary/aromatic N) is 2. The molecule has 0 aliphatic carbocycles. The smallest absolute Gasteiger partial charge is 0.349 e. The lowest BCUT2D eigenvalue weighted by atomic mass is 10.1. The number of aliphatic carboxylic acids is 1. The molecule has 4 rings (SSSR count). The van der Waals surface area contributed by atoms with E-state index in [2.05, 4.69) is 9.97 Å². The van der Waals surface area contributed by atoms with Crippen LogP contribution in [-0.2, 0) is 4.79 Å². The van der Waals surface area contributed by atoms with Crippen molar-refractivity contribution in [2.24, 2.45) is 0 Å². The summed E-state index contributed by atoms with van der Waals surface area (Å²) in [5, 5.41) is 11.7. The fourth-order valence-corrected chi connectivity index (χ4v) is 3.62. The van der Waals surface area contributed by atoms with E-state index in [1.807, 2.05) is 41.8 Å². The molecule has 7 heteroatoms. The number of nitrogen functional groups attached to an aromatic ring is 1. The number of hydrogen-bond acceptors (Lipinski definition) is 6. The van der Waals surface area contributed by atoms with Gasteiger partial charge in [0.05, 0.1) is 10.6 Å². The van der Waals surface area contributed by atoms with Gasteiger partial charge in [0.25, 0.3) is 0 Å². The van der Waals surface area contributed by atoms with Gasteiger partial charge in [0.15, 0.2) is 0 Å². The monoisotopic (exact) mass is 403 g/mol. The van der Waals surface area contributed by atoms with Gasteiger partial charge in [0, 0.05) is 29.1 Å². The SMILES string of the molecule is Nc1c(-c2cccnc2)cc(-c2cccs2)nc1OC(C(=O)O)c1ccccc1. The van der Waals surface area contributed by atoms with Crippen LogP contribution in [0.4, 0.5) is 5.69 Å². The average Bonchev–Trinajstić information content (AvgIpc) is 3.29. The topological polar surface area (TPSA) is 98.3 Å². The van der Waals surface area contributed by atoms with Crippen molar-refractivity contribution < 1.29 is 14.6 Å². The lowest BCUT2D eigenvalue weighted by molar-refractivity contribution is -0.145. The molecule has 0 fully saturated rings. The summed E-state index contributed by atoms with van der Waals surface area (Å²) < 4.78 is 5.84. The number of aromatic nitrogens is 2. The number of carbonyl (C=O) groups is 1. The molecule has 144 valence electrons. The molecule has 3 heterocycles. The van der Waals surface area contributed by atoms with Gasteiger partial charge in [-0.1, -0.05) is 42.5 Å². The van der Waals surface area contributed by atoms with E-state index in [4.69, 9.17) is 10.5 Å². The van der Waals surface area contributed by atoms with Crippen molar-refractivity contribution in [3.8, 4) is 27.6 Å². The summed E-state index contributed by atoms with van der Waals surface area (Å²) in [4.78, 5) is 21.5. The molecule has 0 spiro atoms. The molecule has 1 unspecified atom stereocenters. The Morgan fingerprint density at radius 2 is 1.93 bits per heavy atom. The fourth-order valence-electron chi connectivity index (χ4n) is 2.93. The van der Waals surface area contributed by atoms with E-state index < -0.39 is 12.1 Å². The van der Waals surface area contributed by atoms with E-state index in [1.54, 1.807) is 36.7 Å². The quantitative estimate of drug-likeness (QED) is 0.486. The van der Waals surface area contributed by atoms with Gasteiger partial charge >= 0.3 is 5.97 Å². The van der Waals surface area contributed by atoms with Crippen molar-refractivity contribution in [2.45, 2.75) is 6.10 Å². The molecular weight excluding hydrogens is 386 g/mol. The molecule has 0 saturated carbocycles. The molecule has 1 aromatic carbocycles. The van der Waals surface area contributed by atoms with Gasteiger partial charge < -0.3 is 15.6 Å². The maximum absolute atomic E-state index is 11.9. The number of hydrogen-bond donors (Lipinski definition) is 2. The average molecular weight is 403 g/mol. The van der Waals surface area contributed by atoms with Gasteiger partial charge in [0.2, 0.25) is 12.0 Å². The Labute approximate surface area is 171 Å². The Kier molecular flexibility index (Phi) is 5.22. The Hall–Kier alpha value is -3.71. The van der Waals surface area contributed by atoms with Crippen LogP contribution in [0.25, 0.3) is 21.7 Å². The first kappa shape index (κ1) is 18.6. The first-order valence-electron chi connectivity index (χ1n) is 8.82. The molecule has 3 aromatic heterocycles. The normalized spacial score (nSPS) is 11.7. The number of benzene rings is 1. The predicted molar refractivity (Wildman–Crippen MR) is 113 cm³/mol. The van der Waals surface area contributed by atoms with Gasteiger partial charge in [-0.2, -0.15) is 0 Å². The second-order valence-corrected chi connectivity index (χ2v) is 7.19. The maximum Gasteiger partial charge on any atom is 0.349 e. The summed E-state index contributed by atoms with van der Waals surface area (Å²) in [5.74, 6) is -1.05. The van der Waals surface area contributed by atoms with Gasteiger partial charge in [-0.3, -0.25) is 4.98 Å². The molecule has 0 amide bonds. The minimum atomic E-state index is -1.23. The summed E-state index contributed by atoms with van der Waals surface area (Å²) >= 11 is 1.53. The van der Waals surface area contributed by atoms with Crippen LogP contribution in [0, 0.1) is 0 Å². The van der Waals surface area contributed by atoms with E-state index in [-0.39, 0.29) is 11.6 Å². The van der Waals surface area contributed by atoms with E-state index in [9.17, 15) is 9.90 Å². The van der Waals surface area contributed by atoms with Crippen LogP contribution in [0.2, 0.25) is 0 Å². The van der Waals surface area contributed by atoms with E-state index in [0.717, 1.165) is 10.4 Å². The zero-order valence-electron chi connectivity index (χ0n) is 15.2. The Morgan fingerprint density at radius 1 is 1.10 bits per heavy atom. The molecule has 1 atom stereocenters. The zero-order valence-corrected chi connectivity index (χ0v) is 16.0. The van der Waals surface area contributed by atoms with E-state index in [0.29, 0.717) is 16.8 Å². The van der Waals surface area contributed by atoms with Gasteiger partial charge in [-0.15, -0.1) is 11.3 Å². The molecule has 6 nitrogen and oxygen atoms in total. The van der Waals surface area contributed by atoms with Crippen molar-refractivity contribution in [2.75, 3.05) is 5.73 Å². The van der Waals surface area contributed by atoms with Crippen LogP contribution >= 0.6 is 11.3 Å². The first-order valence-corrected chi connectivity index (χ1v) is 9.70. The summed E-state index contributed by atoms with van der Waals surface area (Å²) in [6.45, 7) is 0. The number of pyridine rings is 2. The number of carboxylic acid groups (broad SMARTS) is 1. The van der Waals surface area contributed by atoms with Crippen LogP contribution in [0.15, 0.2) is 78.4 Å². The van der Waals surface area contributed by atoms with Crippen molar-refractivity contribution in [1.82, 2.24) is 9.97 Å². The van der Waals surface area contributed by atoms with Crippen molar-refractivity contribution in [3.63, 3.8) is 0 Å². The molecule has 4 aromatic rings. The minimum absolute atomic E-state index is 0.0750. The lowest BCUT2D eigenvalue weighted by Crippen LogP contribution is -2.19. The predicted octanol–water partition coefficient (Wildman–Crippen LogP) is 4.66. The second kappa shape index (κ2) is 8.12. The number of ether oxygens (including phenoxy) is 1. The second-order valence-electron chi connectivity index (χ2n) is 6.24. The highest BCUT2D eigenvalue weighted by atomic mass is 32.1. The van der Waals surface area contributed by atoms with Crippen molar-refractivity contribution in [1.29, 1.82) is 0 Å². The number of anilines is 1. The Bertz CT molecular complexity index is 1120. The molecule has 0 aliphatic heterocycles. The number of rotatable bonds is 6. The fraction of sp³-hybridized carbons (Fsp3) is 0.0455. The molecule has 29 heavy (non-hydrogen) atoms. The van der Waals surface area contributed by atoms with Crippen molar-refractivity contribution >= 4 is 23.0 Å². The van der Waals surface area contributed by atoms with Gasteiger partial charge in [-0.05, 0) is 23.6 Å². The van der Waals surface area contributed by atoms with Crippen LogP contribution in [0.5, 0.6) is 5.88 Å². The van der Waals surface area contributed by atoms with E-state index in [1.165, 1.54) is 11.3 Å². The lowest BCUT2D eigenvalue weighted by Gasteiger charge is -2.18. The van der Waals surface area contributed by atoms with Gasteiger partial charge in [0.1, 0.15) is 5.69 Å². The summed E-state index contributed by atoms with van der Waals surface area (Å²) in [6, 6.07) is 18.1. The summed E-state index contributed by atoms with van der Waals surface area (Å²) in [6.07, 6.45) is 2.14. The van der Waals surface area contributed by atoms with Crippen LogP contribution < -0.4 is 10.5 Å². The first-order chi connectivity index (χ1) is 14.1. The Morgan fingerprint density at radius 3 is 2.59 bits per heavy atom. The molecule has 0 aliphatic rings.